The molecule has 2 rings (SSSR count). The van der Waals surface area contributed by atoms with E-state index < -0.39 is 5.54 Å². The molecule has 0 fully saturated rings. The van der Waals surface area contributed by atoms with E-state index in [4.69, 9.17) is 15.9 Å². The van der Waals surface area contributed by atoms with E-state index in [0.29, 0.717) is 16.7 Å². The van der Waals surface area contributed by atoms with Crippen molar-refractivity contribution < 1.29 is 19.8 Å². The van der Waals surface area contributed by atoms with E-state index in [2.05, 4.69) is 0 Å². The van der Waals surface area contributed by atoms with Crippen LogP contribution >= 0.6 is 0 Å². The minimum Gasteiger partial charge on any atom is -0.396 e. The maximum absolute atomic E-state index is 12.4. The van der Waals surface area contributed by atoms with Crippen LogP contribution in [0.15, 0.2) is 54.6 Å². The molecule has 132 valence electrons. The van der Waals surface area contributed by atoms with Crippen LogP contribution in [0.5, 0.6) is 0 Å². The van der Waals surface area contributed by atoms with E-state index in [9.17, 15) is 9.59 Å². The maximum atomic E-state index is 12.4. The monoisotopic (exact) mass is 341 g/mol. The summed E-state index contributed by atoms with van der Waals surface area (Å²) in [7, 11) is 0. The summed E-state index contributed by atoms with van der Waals surface area (Å²) in [5.74, 6) is -0.281. The summed E-state index contributed by atoms with van der Waals surface area (Å²) in [5.41, 5.74) is 6.74. The number of aliphatic hydroxyl groups is 2. The summed E-state index contributed by atoms with van der Waals surface area (Å²) in [6.45, 7) is -0.289. The molecular weight excluding hydrogens is 318 g/mol. The summed E-state index contributed by atoms with van der Waals surface area (Å²) >= 11 is 0. The Morgan fingerprint density at radius 2 is 1.28 bits per heavy atom. The third-order valence-corrected chi connectivity index (χ3v) is 4.24. The van der Waals surface area contributed by atoms with Gasteiger partial charge < -0.3 is 15.9 Å². The molecule has 0 unspecified atom stereocenters. The number of Topliss-reactive ketones (excluding diaryl/α,β-unsaturated/α-hetero) is 1. The highest BCUT2D eigenvalue weighted by atomic mass is 16.3. The molecule has 0 saturated carbocycles. The van der Waals surface area contributed by atoms with Crippen LogP contribution in [0, 0.1) is 0 Å². The summed E-state index contributed by atoms with van der Waals surface area (Å²) in [5, 5.41) is 18.2. The van der Waals surface area contributed by atoms with Gasteiger partial charge in [0.05, 0.1) is 0 Å². The van der Waals surface area contributed by atoms with Gasteiger partial charge in [-0.1, -0.05) is 54.6 Å². The van der Waals surface area contributed by atoms with E-state index >= 15 is 0 Å². The lowest BCUT2D eigenvalue weighted by Gasteiger charge is -2.27. The zero-order valence-corrected chi connectivity index (χ0v) is 14.0. The van der Waals surface area contributed by atoms with Gasteiger partial charge >= 0.3 is 0 Å². The van der Waals surface area contributed by atoms with Gasteiger partial charge in [0, 0.05) is 41.9 Å². The predicted molar refractivity (Wildman–Crippen MR) is 95.6 cm³/mol. The molecule has 5 heteroatoms. The Morgan fingerprint density at radius 1 is 0.800 bits per heavy atom. The molecule has 0 aliphatic carbocycles. The van der Waals surface area contributed by atoms with Crippen LogP contribution in [0.2, 0.25) is 0 Å². The molecular formula is C20H23NO4. The number of nitrogens with two attached hydrogens (primary N) is 1. The van der Waals surface area contributed by atoms with Crippen LogP contribution in [0.1, 0.15) is 45.5 Å². The number of aliphatic hydroxyl groups excluding tert-OH is 2. The second-order valence-electron chi connectivity index (χ2n) is 6.18. The number of ketones is 2. The fourth-order valence-corrected chi connectivity index (χ4v) is 2.73. The maximum Gasteiger partial charge on any atom is 0.193 e. The van der Waals surface area contributed by atoms with Gasteiger partial charge in [-0.3, -0.25) is 9.59 Å². The molecule has 2 aromatic carbocycles. The van der Waals surface area contributed by atoms with Crippen LogP contribution in [-0.4, -0.2) is 40.5 Å². The average molecular weight is 341 g/mol. The summed E-state index contributed by atoms with van der Waals surface area (Å²) in [6, 6.07) is 15.4. The van der Waals surface area contributed by atoms with E-state index in [-0.39, 0.29) is 44.0 Å². The third-order valence-electron chi connectivity index (χ3n) is 4.24. The standard InChI is InChI=1S/C20H23NO4/c21-20(10-12-22,11-13-23)14-18(24)15-6-8-17(9-7-15)19(25)16-4-2-1-3-5-16/h1-9,22-23H,10-14,21H2. The number of rotatable bonds is 9. The number of benzene rings is 2. The topological polar surface area (TPSA) is 101 Å². The Labute approximate surface area is 147 Å². The first-order valence-electron chi connectivity index (χ1n) is 8.23. The molecule has 0 aliphatic heterocycles. The normalized spacial score (nSPS) is 11.3. The Kier molecular flexibility index (Phi) is 6.58. The quantitative estimate of drug-likeness (QED) is 0.605. The lowest BCUT2D eigenvalue weighted by molar-refractivity contribution is 0.0921. The van der Waals surface area contributed by atoms with Crippen molar-refractivity contribution >= 4 is 11.6 Å². The van der Waals surface area contributed by atoms with Gasteiger partial charge in [-0.15, -0.1) is 0 Å². The molecule has 0 radical (unpaired) electrons. The Bertz CT molecular complexity index is 704. The largest absolute Gasteiger partial charge is 0.396 e. The number of carbonyl (C=O) groups is 2. The first-order valence-corrected chi connectivity index (χ1v) is 8.23. The molecule has 5 nitrogen and oxygen atoms in total. The lowest BCUT2D eigenvalue weighted by Crippen LogP contribution is -2.43. The van der Waals surface area contributed by atoms with Crippen molar-refractivity contribution in [2.24, 2.45) is 5.73 Å². The fraction of sp³-hybridized carbons (Fsp3) is 0.300. The average Bonchev–Trinajstić information content (AvgIpc) is 2.62. The second kappa shape index (κ2) is 8.67. The molecule has 0 heterocycles. The Morgan fingerprint density at radius 3 is 1.80 bits per heavy atom. The summed E-state index contributed by atoms with van der Waals surface area (Å²) in [6.07, 6.45) is 0.508. The van der Waals surface area contributed by atoms with Gasteiger partial charge in [-0.05, 0) is 12.8 Å². The van der Waals surface area contributed by atoms with Crippen LogP contribution in [0.3, 0.4) is 0 Å². The Hall–Kier alpha value is -2.34. The molecule has 4 N–H and O–H groups in total. The van der Waals surface area contributed by atoms with Crippen LogP contribution < -0.4 is 5.73 Å². The van der Waals surface area contributed by atoms with E-state index in [1.165, 1.54) is 0 Å². The highest BCUT2D eigenvalue weighted by molar-refractivity contribution is 6.09. The number of hydrogen-bond acceptors (Lipinski definition) is 5. The van der Waals surface area contributed by atoms with Crippen molar-refractivity contribution in [2.75, 3.05) is 13.2 Å². The highest BCUT2D eigenvalue weighted by Gasteiger charge is 2.27. The molecule has 0 aliphatic rings. The van der Waals surface area contributed by atoms with Gasteiger partial charge in [0.1, 0.15) is 0 Å². The molecule has 0 bridgehead atoms. The van der Waals surface area contributed by atoms with Gasteiger partial charge in [-0.2, -0.15) is 0 Å². The van der Waals surface area contributed by atoms with Crippen LogP contribution in [0.25, 0.3) is 0 Å². The van der Waals surface area contributed by atoms with Crippen molar-refractivity contribution in [3.63, 3.8) is 0 Å². The molecule has 0 spiro atoms. The van der Waals surface area contributed by atoms with Gasteiger partial charge in [-0.25, -0.2) is 0 Å². The minimum atomic E-state index is -0.931. The van der Waals surface area contributed by atoms with E-state index in [1.807, 2.05) is 6.07 Å². The van der Waals surface area contributed by atoms with Crippen LogP contribution in [-0.2, 0) is 0 Å². The smallest absolute Gasteiger partial charge is 0.193 e. The van der Waals surface area contributed by atoms with Gasteiger partial charge in [0.2, 0.25) is 0 Å². The molecule has 0 aromatic heterocycles. The Balaban J connectivity index is 2.11. The zero-order valence-electron chi connectivity index (χ0n) is 14.0. The summed E-state index contributed by atoms with van der Waals surface area (Å²) < 4.78 is 0. The molecule has 2 aromatic rings. The van der Waals surface area contributed by atoms with Gasteiger partial charge in [0.15, 0.2) is 11.6 Å². The molecule has 0 saturated heterocycles. The van der Waals surface area contributed by atoms with Crippen molar-refractivity contribution in [1.82, 2.24) is 0 Å². The van der Waals surface area contributed by atoms with Crippen molar-refractivity contribution in [3.8, 4) is 0 Å². The van der Waals surface area contributed by atoms with Crippen LogP contribution in [0.4, 0.5) is 0 Å². The van der Waals surface area contributed by atoms with E-state index in [0.717, 1.165) is 0 Å². The van der Waals surface area contributed by atoms with Crippen molar-refractivity contribution in [3.05, 3.63) is 71.3 Å². The molecule has 0 amide bonds. The lowest BCUT2D eigenvalue weighted by atomic mass is 9.85. The number of carbonyl (C=O) groups excluding carboxylic acids is 2. The zero-order chi connectivity index (χ0) is 18.3. The van der Waals surface area contributed by atoms with E-state index in [1.54, 1.807) is 48.5 Å². The van der Waals surface area contributed by atoms with Crippen molar-refractivity contribution in [1.29, 1.82) is 0 Å². The first-order chi connectivity index (χ1) is 12.0. The summed E-state index contributed by atoms with van der Waals surface area (Å²) in [4.78, 5) is 24.8. The predicted octanol–water partition coefficient (Wildman–Crippen LogP) is 1.95. The van der Waals surface area contributed by atoms with Crippen molar-refractivity contribution in [2.45, 2.75) is 24.8 Å². The first kappa shape index (κ1) is 19.0. The van der Waals surface area contributed by atoms with Gasteiger partial charge in [0.25, 0.3) is 0 Å². The minimum absolute atomic E-state index is 0.0279. The second-order valence-corrected chi connectivity index (χ2v) is 6.18. The SMILES string of the molecule is NC(CCO)(CCO)CC(=O)c1ccc(C(=O)c2ccccc2)cc1. The third kappa shape index (κ3) is 5.06. The fourth-order valence-electron chi connectivity index (χ4n) is 2.73. The number of hydrogen-bond donors (Lipinski definition) is 3. The highest BCUT2D eigenvalue weighted by Crippen LogP contribution is 2.20. The molecule has 0 atom stereocenters. The molecule has 25 heavy (non-hydrogen) atoms.